The highest BCUT2D eigenvalue weighted by Gasteiger charge is 2.11. The van der Waals surface area contributed by atoms with Crippen molar-refractivity contribution in [2.24, 2.45) is 0 Å². The molecule has 0 fully saturated rings. The van der Waals surface area contributed by atoms with Crippen molar-refractivity contribution in [2.45, 2.75) is 239 Å². The second-order valence-electron chi connectivity index (χ2n) is 13.6. The predicted molar refractivity (Wildman–Crippen MR) is 190 cm³/mol. The summed E-state index contributed by atoms with van der Waals surface area (Å²) in [7, 11) is 0. The molecule has 0 saturated carbocycles. The molecular formula is C40H80O3. The minimum atomic E-state index is -0.00859. The van der Waals surface area contributed by atoms with Crippen LogP contribution in [0.15, 0.2) is 0 Å². The zero-order chi connectivity index (χ0) is 31.3. The van der Waals surface area contributed by atoms with E-state index >= 15 is 0 Å². The topological polar surface area (TPSA) is 35.5 Å². The predicted octanol–water partition coefficient (Wildman–Crippen LogP) is 13.8. The summed E-state index contributed by atoms with van der Waals surface area (Å²) >= 11 is 0. The van der Waals surface area contributed by atoms with E-state index in [0.717, 1.165) is 32.3 Å². The monoisotopic (exact) mass is 609 g/mol. The molecule has 3 heteroatoms. The van der Waals surface area contributed by atoms with E-state index < -0.39 is 0 Å². The van der Waals surface area contributed by atoms with Crippen LogP contribution in [-0.2, 0) is 14.3 Å². The highest BCUT2D eigenvalue weighted by molar-refractivity contribution is 5.69. The molecule has 0 radical (unpaired) electrons. The maximum Gasteiger partial charge on any atom is 0.305 e. The average Bonchev–Trinajstić information content (AvgIpc) is 3.01. The van der Waals surface area contributed by atoms with Gasteiger partial charge in [0.1, 0.15) is 0 Å². The van der Waals surface area contributed by atoms with E-state index in [1.165, 1.54) is 180 Å². The number of carbonyl (C=O) groups excluding carboxylic acids is 1. The van der Waals surface area contributed by atoms with E-state index in [-0.39, 0.29) is 5.97 Å². The van der Waals surface area contributed by atoms with Crippen LogP contribution in [0.2, 0.25) is 0 Å². The molecule has 258 valence electrons. The lowest BCUT2D eigenvalue weighted by Crippen LogP contribution is -2.15. The Hall–Kier alpha value is -0.570. The van der Waals surface area contributed by atoms with Crippen molar-refractivity contribution in [2.75, 3.05) is 13.2 Å². The van der Waals surface area contributed by atoms with Gasteiger partial charge < -0.3 is 9.47 Å². The molecule has 0 aliphatic rings. The molecule has 0 aromatic carbocycles. The quantitative estimate of drug-likeness (QED) is 0.0520. The van der Waals surface area contributed by atoms with E-state index in [9.17, 15) is 4.79 Å². The van der Waals surface area contributed by atoms with Crippen LogP contribution in [0.5, 0.6) is 0 Å². The normalized spacial score (nSPS) is 12.2. The standard InChI is InChI=1S/C40H80O3/c1-4-7-10-13-16-19-20-21-22-23-24-27-30-34-39(42-37-31-28-25-17-14-11-8-5-2)35-33-36-40(41)43-38-32-29-26-18-15-12-9-6-3/h39H,4-38H2,1-3H3. The van der Waals surface area contributed by atoms with Crippen LogP contribution >= 0.6 is 0 Å². The van der Waals surface area contributed by atoms with Crippen molar-refractivity contribution < 1.29 is 14.3 Å². The number of carbonyl (C=O) groups is 1. The third-order valence-electron chi connectivity index (χ3n) is 9.15. The van der Waals surface area contributed by atoms with Gasteiger partial charge in [0.2, 0.25) is 0 Å². The summed E-state index contributed by atoms with van der Waals surface area (Å²) < 4.78 is 11.9. The highest BCUT2D eigenvalue weighted by atomic mass is 16.5. The third-order valence-corrected chi connectivity index (χ3v) is 9.15. The molecule has 0 aliphatic carbocycles. The van der Waals surface area contributed by atoms with E-state index in [2.05, 4.69) is 20.8 Å². The van der Waals surface area contributed by atoms with Gasteiger partial charge in [-0.25, -0.2) is 0 Å². The molecule has 0 N–H and O–H groups in total. The Balaban J connectivity index is 4.00. The lowest BCUT2D eigenvalue weighted by molar-refractivity contribution is -0.144. The number of esters is 1. The molecule has 0 heterocycles. The van der Waals surface area contributed by atoms with Gasteiger partial charge in [0.25, 0.3) is 0 Å². The number of unbranched alkanes of at least 4 members (excludes halogenated alkanes) is 26. The first kappa shape index (κ1) is 42.4. The molecule has 1 atom stereocenters. The first-order chi connectivity index (χ1) is 21.2. The van der Waals surface area contributed by atoms with Crippen LogP contribution in [0.1, 0.15) is 233 Å². The fourth-order valence-electron chi connectivity index (χ4n) is 6.15. The van der Waals surface area contributed by atoms with Gasteiger partial charge in [0, 0.05) is 13.0 Å². The number of ether oxygens (including phenoxy) is 2. The van der Waals surface area contributed by atoms with Crippen LogP contribution in [0.4, 0.5) is 0 Å². The zero-order valence-electron chi connectivity index (χ0n) is 30.1. The molecule has 0 aliphatic heterocycles. The molecule has 0 spiro atoms. The molecule has 3 nitrogen and oxygen atoms in total. The summed E-state index contributed by atoms with van der Waals surface area (Å²) in [6.45, 7) is 8.34. The summed E-state index contributed by atoms with van der Waals surface area (Å²) in [5, 5.41) is 0. The molecular weight excluding hydrogens is 528 g/mol. The van der Waals surface area contributed by atoms with Gasteiger partial charge >= 0.3 is 5.97 Å². The molecule has 43 heavy (non-hydrogen) atoms. The Morgan fingerprint density at radius 2 is 0.721 bits per heavy atom. The summed E-state index contributed by atoms with van der Waals surface area (Å²) in [4.78, 5) is 12.3. The van der Waals surface area contributed by atoms with Crippen LogP contribution in [0.25, 0.3) is 0 Å². The number of hydrogen-bond acceptors (Lipinski definition) is 3. The molecule has 0 saturated heterocycles. The van der Waals surface area contributed by atoms with Gasteiger partial charge in [-0.3, -0.25) is 4.79 Å². The van der Waals surface area contributed by atoms with E-state index in [4.69, 9.17) is 9.47 Å². The second kappa shape index (κ2) is 37.6. The zero-order valence-corrected chi connectivity index (χ0v) is 30.1. The SMILES string of the molecule is CCCCCCCCCCCCCCCC(CCCC(=O)OCCCCCCCCCC)OCCCCCCCCCC. The van der Waals surface area contributed by atoms with Gasteiger partial charge in [0.15, 0.2) is 0 Å². The molecule has 0 aromatic heterocycles. The molecule has 0 aromatic rings. The average molecular weight is 609 g/mol. The van der Waals surface area contributed by atoms with Crippen molar-refractivity contribution in [3.05, 3.63) is 0 Å². The van der Waals surface area contributed by atoms with Crippen LogP contribution in [-0.4, -0.2) is 25.3 Å². The van der Waals surface area contributed by atoms with Crippen molar-refractivity contribution in [3.63, 3.8) is 0 Å². The summed E-state index contributed by atoms with van der Waals surface area (Å²) in [6, 6.07) is 0. The largest absolute Gasteiger partial charge is 0.466 e. The summed E-state index contributed by atoms with van der Waals surface area (Å²) in [5.41, 5.74) is 0. The Morgan fingerprint density at radius 3 is 1.14 bits per heavy atom. The van der Waals surface area contributed by atoms with Crippen molar-refractivity contribution in [3.8, 4) is 0 Å². The lowest BCUT2D eigenvalue weighted by Gasteiger charge is -2.18. The van der Waals surface area contributed by atoms with Crippen molar-refractivity contribution in [1.29, 1.82) is 0 Å². The van der Waals surface area contributed by atoms with E-state index in [0.29, 0.717) is 19.1 Å². The fourth-order valence-corrected chi connectivity index (χ4v) is 6.15. The number of hydrogen-bond donors (Lipinski definition) is 0. The molecule has 1 unspecified atom stereocenters. The Bertz CT molecular complexity index is 520. The Labute approximate surface area is 271 Å². The smallest absolute Gasteiger partial charge is 0.305 e. The van der Waals surface area contributed by atoms with Crippen LogP contribution < -0.4 is 0 Å². The highest BCUT2D eigenvalue weighted by Crippen LogP contribution is 2.18. The van der Waals surface area contributed by atoms with Gasteiger partial charge in [0.05, 0.1) is 12.7 Å². The third kappa shape index (κ3) is 35.8. The van der Waals surface area contributed by atoms with Gasteiger partial charge in [-0.15, -0.1) is 0 Å². The van der Waals surface area contributed by atoms with Gasteiger partial charge in [-0.1, -0.05) is 194 Å². The van der Waals surface area contributed by atoms with Crippen molar-refractivity contribution in [1.82, 2.24) is 0 Å². The lowest BCUT2D eigenvalue weighted by atomic mass is 10.0. The van der Waals surface area contributed by atoms with Gasteiger partial charge in [-0.2, -0.15) is 0 Å². The molecule has 0 bridgehead atoms. The second-order valence-corrected chi connectivity index (χ2v) is 13.6. The minimum Gasteiger partial charge on any atom is -0.466 e. The van der Waals surface area contributed by atoms with Crippen LogP contribution in [0.3, 0.4) is 0 Å². The Kier molecular flexibility index (Phi) is 37.1. The van der Waals surface area contributed by atoms with Gasteiger partial charge in [-0.05, 0) is 32.1 Å². The summed E-state index contributed by atoms with van der Waals surface area (Å²) in [6.07, 6.45) is 43.0. The summed E-state index contributed by atoms with van der Waals surface area (Å²) in [5.74, 6) is -0.00859. The molecule has 0 amide bonds. The van der Waals surface area contributed by atoms with Crippen LogP contribution in [0, 0.1) is 0 Å². The fraction of sp³-hybridized carbons (Fsp3) is 0.975. The van der Waals surface area contributed by atoms with Crippen molar-refractivity contribution >= 4 is 5.97 Å². The van der Waals surface area contributed by atoms with E-state index in [1.54, 1.807) is 0 Å². The molecule has 0 rings (SSSR count). The van der Waals surface area contributed by atoms with E-state index in [1.807, 2.05) is 0 Å². The first-order valence-electron chi connectivity index (χ1n) is 20.0. The maximum absolute atomic E-state index is 12.3. The Morgan fingerprint density at radius 1 is 0.395 bits per heavy atom. The number of rotatable bonds is 37. The maximum atomic E-state index is 12.3. The first-order valence-corrected chi connectivity index (χ1v) is 20.0. The minimum absolute atomic E-state index is 0.00859.